The summed E-state index contributed by atoms with van der Waals surface area (Å²) >= 11 is 5.83. The first kappa shape index (κ1) is 17.8. The fraction of sp³-hybridized carbons (Fsp3) is 0.222. The van der Waals surface area contributed by atoms with Crippen LogP contribution in [-0.2, 0) is 16.0 Å². The van der Waals surface area contributed by atoms with Gasteiger partial charge in [-0.3, -0.25) is 4.79 Å². The maximum absolute atomic E-state index is 11.8. The van der Waals surface area contributed by atoms with Crippen molar-refractivity contribution in [2.45, 2.75) is 6.42 Å². The van der Waals surface area contributed by atoms with Crippen LogP contribution in [-0.4, -0.2) is 32.1 Å². The van der Waals surface area contributed by atoms with Crippen molar-refractivity contribution in [2.24, 2.45) is 0 Å². The van der Waals surface area contributed by atoms with Crippen molar-refractivity contribution < 1.29 is 14.3 Å². The van der Waals surface area contributed by atoms with Crippen LogP contribution in [0.1, 0.15) is 15.9 Å². The van der Waals surface area contributed by atoms with Crippen molar-refractivity contribution in [3.63, 3.8) is 0 Å². The van der Waals surface area contributed by atoms with Gasteiger partial charge in [-0.25, -0.2) is 4.79 Å². The van der Waals surface area contributed by atoms with Gasteiger partial charge in [0.25, 0.3) is 0 Å². The Morgan fingerprint density at radius 2 is 1.88 bits per heavy atom. The van der Waals surface area contributed by atoms with Gasteiger partial charge in [-0.05, 0) is 42.3 Å². The molecule has 0 aliphatic rings. The Bertz CT molecular complexity index is 702. The van der Waals surface area contributed by atoms with E-state index in [1.54, 1.807) is 24.3 Å². The average Bonchev–Trinajstić information content (AvgIpc) is 2.61. The summed E-state index contributed by atoms with van der Waals surface area (Å²) in [5.74, 6) is -0.529. The number of nitrogens with one attached hydrogen (secondary N) is 2. The summed E-state index contributed by atoms with van der Waals surface area (Å²) in [5.41, 5.74) is 2.23. The molecular formula is C18H19ClN2O3. The van der Waals surface area contributed by atoms with E-state index in [2.05, 4.69) is 15.4 Å². The molecule has 2 aromatic rings. The maximum atomic E-state index is 11.8. The Kier molecular flexibility index (Phi) is 6.63. The Hall–Kier alpha value is -2.53. The molecule has 2 N–H and O–H groups in total. The van der Waals surface area contributed by atoms with Crippen LogP contribution in [0.3, 0.4) is 0 Å². The van der Waals surface area contributed by atoms with Crippen LogP contribution in [0, 0.1) is 0 Å². The molecule has 0 heterocycles. The van der Waals surface area contributed by atoms with E-state index in [-0.39, 0.29) is 12.5 Å². The zero-order valence-corrected chi connectivity index (χ0v) is 14.1. The number of esters is 1. The van der Waals surface area contributed by atoms with Crippen molar-refractivity contribution in [3.8, 4) is 0 Å². The first-order valence-electron chi connectivity index (χ1n) is 7.52. The van der Waals surface area contributed by atoms with Crippen LogP contribution < -0.4 is 10.6 Å². The lowest BCUT2D eigenvalue weighted by molar-refractivity contribution is -0.119. The molecule has 6 heteroatoms. The summed E-state index contributed by atoms with van der Waals surface area (Å²) in [6.45, 7) is 0.676. The van der Waals surface area contributed by atoms with Crippen molar-refractivity contribution >= 4 is 29.2 Å². The number of amides is 1. The zero-order valence-electron chi connectivity index (χ0n) is 13.3. The highest BCUT2D eigenvalue weighted by atomic mass is 35.5. The number of benzene rings is 2. The van der Waals surface area contributed by atoms with Gasteiger partial charge in [0.2, 0.25) is 5.91 Å². The molecule has 1 amide bonds. The van der Waals surface area contributed by atoms with Gasteiger partial charge in [0.15, 0.2) is 0 Å². The highest BCUT2D eigenvalue weighted by Gasteiger charge is 2.06. The SMILES string of the molecule is COC(=O)c1cccc(NCC(=O)NCCc2ccc(Cl)cc2)c1. The van der Waals surface area contributed by atoms with Crippen LogP contribution in [0.25, 0.3) is 0 Å². The molecule has 0 saturated carbocycles. The van der Waals surface area contributed by atoms with E-state index in [9.17, 15) is 9.59 Å². The van der Waals surface area contributed by atoms with Crippen molar-refractivity contribution in [1.82, 2.24) is 5.32 Å². The molecule has 0 radical (unpaired) electrons. The molecule has 5 nitrogen and oxygen atoms in total. The molecule has 0 aliphatic heterocycles. The second-order valence-corrected chi connectivity index (χ2v) is 5.59. The Labute approximate surface area is 146 Å². The number of hydrogen-bond acceptors (Lipinski definition) is 4. The lowest BCUT2D eigenvalue weighted by Gasteiger charge is -2.09. The minimum atomic E-state index is -0.411. The van der Waals surface area contributed by atoms with Crippen LogP contribution >= 0.6 is 11.6 Å². The fourth-order valence-electron chi connectivity index (χ4n) is 2.12. The number of halogens is 1. The normalized spacial score (nSPS) is 10.1. The topological polar surface area (TPSA) is 67.4 Å². The molecule has 0 fully saturated rings. The predicted octanol–water partition coefficient (Wildman–Crippen LogP) is 2.90. The minimum Gasteiger partial charge on any atom is -0.465 e. The second-order valence-electron chi connectivity index (χ2n) is 5.15. The third-order valence-corrected chi connectivity index (χ3v) is 3.64. The van der Waals surface area contributed by atoms with Crippen LogP contribution in [0.5, 0.6) is 0 Å². The number of ether oxygens (including phenoxy) is 1. The molecule has 0 aromatic heterocycles. The first-order valence-corrected chi connectivity index (χ1v) is 7.89. The highest BCUT2D eigenvalue weighted by Crippen LogP contribution is 2.11. The first-order chi connectivity index (χ1) is 11.6. The van der Waals surface area contributed by atoms with E-state index in [0.717, 1.165) is 12.0 Å². The van der Waals surface area contributed by atoms with Gasteiger partial charge in [-0.2, -0.15) is 0 Å². The number of carbonyl (C=O) groups excluding carboxylic acids is 2. The summed E-state index contributed by atoms with van der Waals surface area (Å²) in [7, 11) is 1.33. The van der Waals surface area contributed by atoms with Gasteiger partial charge < -0.3 is 15.4 Å². The largest absolute Gasteiger partial charge is 0.465 e. The van der Waals surface area contributed by atoms with Crippen molar-refractivity contribution in [3.05, 3.63) is 64.7 Å². The second kappa shape index (κ2) is 8.93. The molecular weight excluding hydrogens is 328 g/mol. The van der Waals surface area contributed by atoms with E-state index < -0.39 is 5.97 Å². The van der Waals surface area contributed by atoms with E-state index in [1.807, 2.05) is 24.3 Å². The molecule has 0 spiro atoms. The van der Waals surface area contributed by atoms with Gasteiger partial charge in [-0.15, -0.1) is 0 Å². The molecule has 0 saturated heterocycles. The number of carbonyl (C=O) groups is 2. The van der Waals surface area contributed by atoms with E-state index in [4.69, 9.17) is 11.6 Å². The quantitative estimate of drug-likeness (QED) is 0.756. The fourth-order valence-corrected chi connectivity index (χ4v) is 2.24. The lowest BCUT2D eigenvalue weighted by atomic mass is 10.1. The standard InChI is InChI=1S/C18H19ClN2O3/c1-24-18(23)14-3-2-4-16(11-14)21-12-17(22)20-10-9-13-5-7-15(19)8-6-13/h2-8,11,21H,9-10,12H2,1H3,(H,20,22). The molecule has 0 atom stereocenters. The summed E-state index contributed by atoms with van der Waals surface area (Å²) < 4.78 is 4.67. The van der Waals surface area contributed by atoms with Gasteiger partial charge in [-0.1, -0.05) is 29.8 Å². The average molecular weight is 347 g/mol. The molecule has 0 aliphatic carbocycles. The van der Waals surface area contributed by atoms with Crippen LogP contribution in [0.4, 0.5) is 5.69 Å². The lowest BCUT2D eigenvalue weighted by Crippen LogP contribution is -2.31. The Balaban J connectivity index is 1.75. The monoisotopic (exact) mass is 346 g/mol. The molecule has 2 aromatic carbocycles. The summed E-state index contributed by atoms with van der Waals surface area (Å²) in [5, 5.41) is 6.52. The molecule has 0 unspecified atom stereocenters. The number of anilines is 1. The predicted molar refractivity (Wildman–Crippen MR) is 94.4 cm³/mol. The molecule has 24 heavy (non-hydrogen) atoms. The molecule has 0 bridgehead atoms. The molecule has 126 valence electrons. The van der Waals surface area contributed by atoms with Crippen molar-refractivity contribution in [1.29, 1.82) is 0 Å². The van der Waals surface area contributed by atoms with Crippen LogP contribution in [0.2, 0.25) is 5.02 Å². The third-order valence-electron chi connectivity index (χ3n) is 3.39. The van der Waals surface area contributed by atoms with E-state index >= 15 is 0 Å². The number of hydrogen-bond donors (Lipinski definition) is 2. The summed E-state index contributed by atoms with van der Waals surface area (Å²) in [4.78, 5) is 23.3. The van der Waals surface area contributed by atoms with Gasteiger partial charge >= 0.3 is 5.97 Å². The molecule has 2 rings (SSSR count). The number of rotatable bonds is 7. The highest BCUT2D eigenvalue weighted by molar-refractivity contribution is 6.30. The van der Waals surface area contributed by atoms with Gasteiger partial charge in [0.05, 0.1) is 19.2 Å². The number of methoxy groups -OCH3 is 1. The van der Waals surface area contributed by atoms with Crippen molar-refractivity contribution in [2.75, 3.05) is 25.5 Å². The minimum absolute atomic E-state index is 0.118. The smallest absolute Gasteiger partial charge is 0.337 e. The zero-order chi connectivity index (χ0) is 17.4. The summed E-state index contributed by atoms with van der Waals surface area (Å²) in [6, 6.07) is 14.3. The Morgan fingerprint density at radius 3 is 2.58 bits per heavy atom. The maximum Gasteiger partial charge on any atom is 0.337 e. The van der Waals surface area contributed by atoms with E-state index in [0.29, 0.717) is 22.8 Å². The third kappa shape index (κ3) is 5.59. The van der Waals surface area contributed by atoms with Crippen LogP contribution in [0.15, 0.2) is 48.5 Å². The van der Waals surface area contributed by atoms with Gasteiger partial charge in [0.1, 0.15) is 0 Å². The Morgan fingerprint density at radius 1 is 1.12 bits per heavy atom. The summed E-state index contributed by atoms with van der Waals surface area (Å²) in [6.07, 6.45) is 0.737. The van der Waals surface area contributed by atoms with Gasteiger partial charge in [0, 0.05) is 17.3 Å². The van der Waals surface area contributed by atoms with E-state index in [1.165, 1.54) is 7.11 Å².